The molecule has 0 amide bonds. The van der Waals surface area contributed by atoms with Crippen LogP contribution in [0, 0.1) is 0 Å². The van der Waals surface area contributed by atoms with Crippen LogP contribution in [0.25, 0.3) is 16.9 Å². The summed E-state index contributed by atoms with van der Waals surface area (Å²) < 4.78 is 1.45. The third kappa shape index (κ3) is 7.00. The van der Waals surface area contributed by atoms with E-state index >= 15 is 0 Å². The first-order valence-corrected chi connectivity index (χ1v) is 13.3. The summed E-state index contributed by atoms with van der Waals surface area (Å²) in [6.45, 7) is 6.73. The van der Waals surface area contributed by atoms with Gasteiger partial charge < -0.3 is 5.53 Å². The van der Waals surface area contributed by atoms with Gasteiger partial charge in [-0.3, -0.25) is 0 Å². The lowest BCUT2D eigenvalue weighted by molar-refractivity contribution is -0.344. The zero-order chi connectivity index (χ0) is 23.5. The molecule has 2 nitrogen and oxygen atoms in total. The van der Waals surface area contributed by atoms with E-state index in [1.165, 1.54) is 66.3 Å². The molecule has 1 heterocycles. The van der Waals surface area contributed by atoms with Gasteiger partial charge in [0.05, 0.1) is 0 Å². The Bertz CT molecular complexity index is 980. The summed E-state index contributed by atoms with van der Waals surface area (Å²) in [6.07, 6.45) is 16.5. The highest BCUT2D eigenvalue weighted by Gasteiger charge is 2.28. The van der Waals surface area contributed by atoms with Gasteiger partial charge in [0, 0.05) is 22.8 Å². The number of nitrogens with zero attached hydrogens (tertiary/aromatic N) is 2. The van der Waals surface area contributed by atoms with Crippen molar-refractivity contribution in [2.45, 2.75) is 97.8 Å². The Morgan fingerprint density at radius 3 is 1.88 bits per heavy atom. The van der Waals surface area contributed by atoms with E-state index in [4.69, 9.17) is 0 Å². The van der Waals surface area contributed by atoms with Gasteiger partial charge in [-0.25, -0.2) is 4.70 Å². The van der Waals surface area contributed by atoms with Gasteiger partial charge in [0.1, 0.15) is 0 Å². The average molecular weight is 443 g/mol. The van der Waals surface area contributed by atoms with Gasteiger partial charge in [0.15, 0.2) is 0 Å². The van der Waals surface area contributed by atoms with Gasteiger partial charge >= 0.3 is 0 Å². The van der Waals surface area contributed by atoms with Gasteiger partial charge in [-0.05, 0) is 73.9 Å². The van der Waals surface area contributed by atoms with Crippen molar-refractivity contribution in [3.63, 3.8) is 0 Å². The number of allylic oxidation sites excluding steroid dienone is 2. The third-order valence-corrected chi connectivity index (χ3v) is 6.67. The van der Waals surface area contributed by atoms with Gasteiger partial charge in [0.25, 0.3) is 0 Å². The second-order valence-electron chi connectivity index (χ2n) is 9.49. The summed E-state index contributed by atoms with van der Waals surface area (Å²) in [6, 6.07) is 17.5. The maximum Gasteiger partial charge on any atom is 0.210 e. The molecule has 176 valence electrons. The normalized spacial score (nSPS) is 13.7. The fourth-order valence-corrected chi connectivity index (χ4v) is 4.72. The summed E-state index contributed by atoms with van der Waals surface area (Å²) >= 11 is 0. The smallest absolute Gasteiger partial charge is 0.210 e. The summed E-state index contributed by atoms with van der Waals surface area (Å²) in [4.78, 5) is 0. The predicted molar refractivity (Wildman–Crippen MR) is 142 cm³/mol. The van der Waals surface area contributed by atoms with Crippen LogP contribution in [-0.4, -0.2) is 4.70 Å². The molecule has 0 unspecified atom stereocenters. The molecule has 33 heavy (non-hydrogen) atoms. The molecule has 1 aliphatic rings. The highest BCUT2D eigenvalue weighted by atomic mass is 15.2. The van der Waals surface area contributed by atoms with Crippen LogP contribution in [0.2, 0.25) is 0 Å². The predicted octanol–water partition coefficient (Wildman–Crippen LogP) is 9.53. The number of benzene rings is 2. The van der Waals surface area contributed by atoms with Gasteiger partial charge in [-0.1, -0.05) is 83.6 Å². The Morgan fingerprint density at radius 1 is 0.636 bits per heavy atom. The Labute approximate surface area is 201 Å². The highest BCUT2D eigenvalue weighted by Crippen LogP contribution is 2.37. The Balaban J connectivity index is 1.84. The van der Waals surface area contributed by atoms with Crippen molar-refractivity contribution in [2.24, 2.45) is 0 Å². The van der Waals surface area contributed by atoms with Crippen LogP contribution in [0.5, 0.6) is 0 Å². The fraction of sp³-hybridized carbons (Fsp3) is 0.484. The first kappa shape index (κ1) is 25.1. The third-order valence-electron chi connectivity index (χ3n) is 6.67. The molecule has 0 radical (unpaired) electrons. The second-order valence-corrected chi connectivity index (χ2v) is 9.49. The lowest BCUT2D eigenvalue weighted by atomic mass is 9.99. The van der Waals surface area contributed by atoms with E-state index in [9.17, 15) is 5.53 Å². The average Bonchev–Trinajstić information content (AvgIpc) is 3.17. The maximum absolute atomic E-state index is 11.4. The van der Waals surface area contributed by atoms with Crippen LogP contribution < -0.4 is 0 Å². The Hall–Kier alpha value is -2.48. The Morgan fingerprint density at radius 2 is 1.21 bits per heavy atom. The van der Waals surface area contributed by atoms with E-state index < -0.39 is 0 Å². The minimum Gasteiger partial charge on any atom is -0.493 e. The standard InChI is InChI=1S/C31H42N2/c1-4-7-10-12-16-26-18-14-21-28(23-26)31-29(19-9-6-3)24-30(33(31)32)27-20-13-17-25(22-27)15-11-8-5-2/h13-14,17-18,20-24H,4-12,15-16,19H2,1-3H3. The number of hydrogen-bond acceptors (Lipinski definition) is 0. The molecule has 1 aliphatic heterocycles. The van der Waals surface area contributed by atoms with Crippen molar-refractivity contribution in [3.05, 3.63) is 88.0 Å². The van der Waals surface area contributed by atoms with Crippen molar-refractivity contribution in [1.82, 2.24) is 0 Å². The topological polar surface area (TPSA) is 25.3 Å². The largest absolute Gasteiger partial charge is 0.493 e. The summed E-state index contributed by atoms with van der Waals surface area (Å²) in [5.74, 6) is 0. The molecule has 0 saturated carbocycles. The Kier molecular flexibility index (Phi) is 10.1. The van der Waals surface area contributed by atoms with Crippen LogP contribution >= 0.6 is 0 Å². The van der Waals surface area contributed by atoms with Crippen molar-refractivity contribution in [1.29, 1.82) is 0 Å². The van der Waals surface area contributed by atoms with Gasteiger partial charge in [-0.2, -0.15) is 0 Å². The lowest BCUT2D eigenvalue weighted by Crippen LogP contribution is -2.03. The lowest BCUT2D eigenvalue weighted by Gasteiger charge is -2.11. The fourth-order valence-electron chi connectivity index (χ4n) is 4.72. The molecule has 0 aliphatic carbocycles. The molecule has 2 aromatic rings. The molecule has 0 saturated heterocycles. The second kappa shape index (κ2) is 13.3. The van der Waals surface area contributed by atoms with Crippen LogP contribution in [0.1, 0.15) is 107 Å². The number of rotatable bonds is 14. The molecule has 2 heteroatoms. The summed E-state index contributed by atoms with van der Waals surface area (Å²) in [5.41, 5.74) is 19.4. The van der Waals surface area contributed by atoms with Crippen LogP contribution in [0.4, 0.5) is 0 Å². The summed E-state index contributed by atoms with van der Waals surface area (Å²) in [5, 5.41) is 0. The monoisotopic (exact) mass is 442 g/mol. The van der Waals surface area contributed by atoms with Gasteiger partial charge in [0.2, 0.25) is 11.4 Å². The quantitative estimate of drug-likeness (QED) is 0.205. The zero-order valence-electron chi connectivity index (χ0n) is 21.1. The van der Waals surface area contributed by atoms with Crippen molar-refractivity contribution in [2.75, 3.05) is 0 Å². The minimum atomic E-state index is 0.904. The zero-order valence-corrected chi connectivity index (χ0v) is 21.1. The molecule has 2 aromatic carbocycles. The number of unbranched alkanes of at least 4 members (excludes halogenated alkanes) is 6. The molecule has 0 fully saturated rings. The van der Waals surface area contributed by atoms with Crippen molar-refractivity contribution < 1.29 is 4.70 Å². The van der Waals surface area contributed by atoms with Crippen LogP contribution in [0.3, 0.4) is 0 Å². The molecule has 0 bridgehead atoms. The van der Waals surface area contributed by atoms with E-state index in [0.717, 1.165) is 54.6 Å². The SMILES string of the molecule is CCCCCCc1cccc(C2=C(CCCC)C=C(c3cccc(CCCCC)c3)[N+]2=[N-])c1. The van der Waals surface area contributed by atoms with E-state index in [0.29, 0.717) is 0 Å². The molecule has 3 rings (SSSR count). The molecule has 0 aromatic heterocycles. The first-order valence-electron chi connectivity index (χ1n) is 13.3. The molecule has 0 spiro atoms. The number of hydrogen-bond donors (Lipinski definition) is 0. The molecule has 0 N–H and O–H groups in total. The van der Waals surface area contributed by atoms with E-state index in [1.807, 2.05) is 0 Å². The molecule has 0 atom stereocenters. The minimum absolute atomic E-state index is 0.904. The maximum atomic E-state index is 11.4. The van der Waals surface area contributed by atoms with E-state index in [2.05, 4.69) is 75.4 Å². The van der Waals surface area contributed by atoms with Gasteiger partial charge in [-0.15, -0.1) is 0 Å². The molecular weight excluding hydrogens is 400 g/mol. The van der Waals surface area contributed by atoms with E-state index in [1.54, 1.807) is 0 Å². The van der Waals surface area contributed by atoms with Crippen molar-refractivity contribution in [3.8, 4) is 0 Å². The number of aryl methyl sites for hydroxylation is 2. The van der Waals surface area contributed by atoms with Crippen LogP contribution in [0.15, 0.2) is 60.2 Å². The molecular formula is C31H42N2. The first-order chi connectivity index (χ1) is 16.2. The summed E-state index contributed by atoms with van der Waals surface area (Å²) in [7, 11) is 0. The van der Waals surface area contributed by atoms with E-state index in [-0.39, 0.29) is 0 Å². The van der Waals surface area contributed by atoms with Crippen molar-refractivity contribution >= 4 is 11.4 Å². The highest BCUT2D eigenvalue weighted by molar-refractivity contribution is 5.78. The van der Waals surface area contributed by atoms with Crippen LogP contribution in [-0.2, 0) is 12.8 Å².